The van der Waals surface area contributed by atoms with Crippen LogP contribution >= 0.6 is 11.8 Å². The highest BCUT2D eigenvalue weighted by Crippen LogP contribution is 2.36. The lowest BCUT2D eigenvalue weighted by Crippen LogP contribution is -2.20. The Hall–Kier alpha value is -0.740. The Morgan fingerprint density at radius 3 is 2.94 bits per heavy atom. The minimum absolute atomic E-state index is 0.0783. The molecular formula is C12H16FNOS. The third-order valence-corrected chi connectivity index (χ3v) is 4.32. The van der Waals surface area contributed by atoms with Crippen LogP contribution in [0.2, 0.25) is 0 Å². The van der Waals surface area contributed by atoms with Gasteiger partial charge < -0.3 is 10.5 Å². The van der Waals surface area contributed by atoms with Gasteiger partial charge in [0.05, 0.1) is 7.11 Å². The highest BCUT2D eigenvalue weighted by Gasteiger charge is 2.25. The molecule has 0 aromatic heterocycles. The molecule has 0 amide bonds. The van der Waals surface area contributed by atoms with E-state index >= 15 is 0 Å². The topological polar surface area (TPSA) is 35.2 Å². The summed E-state index contributed by atoms with van der Waals surface area (Å²) in [7, 11) is 1.48. The number of methoxy groups -OCH3 is 1. The van der Waals surface area contributed by atoms with Crippen molar-refractivity contribution in [3.05, 3.63) is 29.1 Å². The van der Waals surface area contributed by atoms with Gasteiger partial charge in [0.25, 0.3) is 0 Å². The van der Waals surface area contributed by atoms with Crippen LogP contribution in [0.15, 0.2) is 12.1 Å². The summed E-state index contributed by atoms with van der Waals surface area (Å²) < 4.78 is 19.0. The van der Waals surface area contributed by atoms with Gasteiger partial charge in [0.2, 0.25) is 0 Å². The van der Waals surface area contributed by atoms with Crippen molar-refractivity contribution < 1.29 is 9.13 Å². The van der Waals surface area contributed by atoms with Crippen molar-refractivity contribution in [3.8, 4) is 5.75 Å². The third kappa shape index (κ3) is 1.92. The maximum absolute atomic E-state index is 14.0. The summed E-state index contributed by atoms with van der Waals surface area (Å²) in [6.45, 7) is 2.11. The second-order valence-corrected chi connectivity index (χ2v) is 5.20. The zero-order valence-electron chi connectivity index (χ0n) is 9.50. The average molecular weight is 241 g/mol. The normalized spacial score (nSPS) is 24.8. The van der Waals surface area contributed by atoms with E-state index in [9.17, 15) is 4.39 Å². The maximum atomic E-state index is 14.0. The molecule has 0 saturated carbocycles. The van der Waals surface area contributed by atoms with Crippen molar-refractivity contribution in [2.75, 3.05) is 12.9 Å². The van der Waals surface area contributed by atoms with Crippen LogP contribution in [0, 0.1) is 11.7 Å². The number of hydrogen-bond donors (Lipinski definition) is 1. The number of benzene rings is 1. The first-order chi connectivity index (χ1) is 7.65. The fourth-order valence-electron chi connectivity index (χ4n) is 1.99. The van der Waals surface area contributed by atoms with Gasteiger partial charge in [0.15, 0.2) is 11.6 Å². The van der Waals surface area contributed by atoms with Crippen molar-refractivity contribution in [1.82, 2.24) is 0 Å². The average Bonchev–Trinajstić information content (AvgIpc) is 2.42. The summed E-state index contributed by atoms with van der Waals surface area (Å²) in [6.07, 6.45) is 0. The minimum atomic E-state index is -0.253. The van der Waals surface area contributed by atoms with Crippen LogP contribution < -0.4 is 10.5 Å². The molecule has 1 heterocycles. The molecule has 1 aliphatic heterocycles. The molecule has 1 aromatic rings. The van der Waals surface area contributed by atoms with E-state index < -0.39 is 0 Å². The monoisotopic (exact) mass is 241 g/mol. The number of fused-ring (bicyclic) bond motifs is 1. The predicted octanol–water partition coefficient (Wildman–Crippen LogP) is 2.72. The van der Waals surface area contributed by atoms with Gasteiger partial charge in [0.1, 0.15) is 0 Å². The fraction of sp³-hybridized carbons (Fsp3) is 0.500. The molecule has 2 nitrogen and oxygen atoms in total. The SMILES string of the molecule is COc1ccc2c(c1F)CSCC(C)C2N. The summed E-state index contributed by atoms with van der Waals surface area (Å²) in [5.41, 5.74) is 7.77. The minimum Gasteiger partial charge on any atom is -0.494 e. The van der Waals surface area contributed by atoms with Crippen LogP contribution in [0.5, 0.6) is 5.75 Å². The van der Waals surface area contributed by atoms with E-state index in [0.29, 0.717) is 23.0 Å². The smallest absolute Gasteiger partial charge is 0.169 e. The quantitative estimate of drug-likeness (QED) is 0.821. The first kappa shape index (κ1) is 11.7. The van der Waals surface area contributed by atoms with E-state index in [0.717, 1.165) is 11.3 Å². The molecule has 88 valence electrons. The van der Waals surface area contributed by atoms with Gasteiger partial charge in [0, 0.05) is 17.4 Å². The van der Waals surface area contributed by atoms with Crippen molar-refractivity contribution in [1.29, 1.82) is 0 Å². The second-order valence-electron chi connectivity index (χ2n) is 4.17. The first-order valence-corrected chi connectivity index (χ1v) is 6.49. The lowest BCUT2D eigenvalue weighted by atomic mass is 9.93. The van der Waals surface area contributed by atoms with Crippen molar-refractivity contribution in [3.63, 3.8) is 0 Å². The molecule has 0 aliphatic carbocycles. The number of nitrogens with two attached hydrogens (primary N) is 1. The molecule has 2 atom stereocenters. The highest BCUT2D eigenvalue weighted by atomic mass is 32.2. The summed E-state index contributed by atoms with van der Waals surface area (Å²) in [4.78, 5) is 0. The van der Waals surface area contributed by atoms with E-state index in [4.69, 9.17) is 10.5 Å². The molecule has 0 fully saturated rings. The summed E-state index contributed by atoms with van der Waals surface area (Å²) in [5.74, 6) is 2.07. The van der Waals surface area contributed by atoms with Gasteiger partial charge in [-0.15, -0.1) is 0 Å². The van der Waals surface area contributed by atoms with Crippen LogP contribution in [0.4, 0.5) is 4.39 Å². The van der Waals surface area contributed by atoms with Gasteiger partial charge >= 0.3 is 0 Å². The number of hydrogen-bond acceptors (Lipinski definition) is 3. The van der Waals surface area contributed by atoms with Gasteiger partial charge in [-0.05, 0) is 23.3 Å². The second kappa shape index (κ2) is 4.63. The van der Waals surface area contributed by atoms with Gasteiger partial charge in [-0.3, -0.25) is 0 Å². The number of halogens is 1. The van der Waals surface area contributed by atoms with E-state index in [1.807, 2.05) is 6.07 Å². The number of rotatable bonds is 1. The fourth-order valence-corrected chi connectivity index (χ4v) is 3.18. The molecule has 0 radical (unpaired) electrons. The largest absolute Gasteiger partial charge is 0.494 e. The van der Waals surface area contributed by atoms with Crippen molar-refractivity contribution in [2.45, 2.75) is 18.7 Å². The maximum Gasteiger partial charge on any atom is 0.169 e. The summed E-state index contributed by atoms with van der Waals surface area (Å²) in [6, 6.07) is 3.48. The van der Waals surface area contributed by atoms with Crippen molar-refractivity contribution in [2.24, 2.45) is 11.7 Å². The third-order valence-electron chi connectivity index (χ3n) is 3.06. The lowest BCUT2D eigenvalue weighted by molar-refractivity contribution is 0.383. The molecule has 16 heavy (non-hydrogen) atoms. The standard InChI is InChI=1S/C12H16FNOS/c1-7-5-16-6-9-8(12(7)14)3-4-10(15-2)11(9)13/h3-4,7,12H,5-6,14H2,1-2H3. The van der Waals surface area contributed by atoms with Crippen LogP contribution in [-0.4, -0.2) is 12.9 Å². The van der Waals surface area contributed by atoms with Crippen LogP contribution in [-0.2, 0) is 5.75 Å². The summed E-state index contributed by atoms with van der Waals surface area (Å²) >= 11 is 1.73. The van der Waals surface area contributed by atoms with Crippen LogP contribution in [0.3, 0.4) is 0 Å². The molecule has 2 rings (SSSR count). The Morgan fingerprint density at radius 1 is 1.50 bits per heavy atom. The molecule has 1 aromatic carbocycles. The van der Waals surface area contributed by atoms with Crippen molar-refractivity contribution >= 4 is 11.8 Å². The molecule has 0 bridgehead atoms. The Labute approximate surface area is 99.4 Å². The van der Waals surface area contributed by atoms with Crippen LogP contribution in [0.1, 0.15) is 24.1 Å². The van der Waals surface area contributed by atoms with E-state index in [2.05, 4.69) is 6.92 Å². The molecule has 0 saturated heterocycles. The molecule has 2 N–H and O–H groups in total. The molecule has 4 heteroatoms. The zero-order chi connectivity index (χ0) is 11.7. The van der Waals surface area contributed by atoms with E-state index in [-0.39, 0.29) is 11.9 Å². The van der Waals surface area contributed by atoms with Gasteiger partial charge in [-0.2, -0.15) is 11.8 Å². The number of thioether (sulfide) groups is 1. The Balaban J connectivity index is 2.50. The predicted molar refractivity (Wildman–Crippen MR) is 65.2 cm³/mol. The Morgan fingerprint density at radius 2 is 2.25 bits per heavy atom. The summed E-state index contributed by atoms with van der Waals surface area (Å²) in [5, 5.41) is 0. The number of ether oxygens (including phenoxy) is 1. The highest BCUT2D eigenvalue weighted by molar-refractivity contribution is 7.98. The van der Waals surface area contributed by atoms with Crippen LogP contribution in [0.25, 0.3) is 0 Å². The molecule has 2 unspecified atom stereocenters. The van der Waals surface area contributed by atoms with E-state index in [1.165, 1.54) is 7.11 Å². The Kier molecular flexibility index (Phi) is 3.40. The molecule has 1 aliphatic rings. The first-order valence-electron chi connectivity index (χ1n) is 5.33. The lowest BCUT2D eigenvalue weighted by Gasteiger charge is -2.19. The molecular weight excluding hydrogens is 225 g/mol. The molecule has 0 spiro atoms. The zero-order valence-corrected chi connectivity index (χ0v) is 10.3. The van der Waals surface area contributed by atoms with Gasteiger partial charge in [-0.1, -0.05) is 13.0 Å². The van der Waals surface area contributed by atoms with E-state index in [1.54, 1.807) is 17.8 Å². The Bertz CT molecular complexity index is 397. The van der Waals surface area contributed by atoms with Gasteiger partial charge in [-0.25, -0.2) is 4.39 Å².